The molecule has 0 atom stereocenters. The standard InChI is InChI=1S/C9H17NO2/c1-9(12)6-4-2-3-5-7-10-8-11/h8H,2-7H2,1H3,(H,10,11). The molecule has 0 saturated heterocycles. The van der Waals surface area contributed by atoms with E-state index in [0.29, 0.717) is 6.42 Å². The van der Waals surface area contributed by atoms with Crippen molar-refractivity contribution in [1.29, 1.82) is 0 Å². The molecule has 0 heterocycles. The van der Waals surface area contributed by atoms with E-state index in [9.17, 15) is 9.59 Å². The van der Waals surface area contributed by atoms with Gasteiger partial charge in [-0.25, -0.2) is 0 Å². The van der Waals surface area contributed by atoms with Crippen molar-refractivity contribution in [2.24, 2.45) is 0 Å². The molecule has 0 unspecified atom stereocenters. The number of hydrogen-bond acceptors (Lipinski definition) is 2. The van der Waals surface area contributed by atoms with Crippen LogP contribution >= 0.6 is 0 Å². The van der Waals surface area contributed by atoms with Crippen LogP contribution in [0.25, 0.3) is 0 Å². The summed E-state index contributed by atoms with van der Waals surface area (Å²) >= 11 is 0. The van der Waals surface area contributed by atoms with Crippen molar-refractivity contribution >= 4 is 12.2 Å². The smallest absolute Gasteiger partial charge is 0.207 e. The van der Waals surface area contributed by atoms with Crippen LogP contribution in [0.2, 0.25) is 0 Å². The molecule has 0 aromatic heterocycles. The first-order valence-corrected chi connectivity index (χ1v) is 4.44. The van der Waals surface area contributed by atoms with E-state index in [0.717, 1.165) is 38.6 Å². The highest BCUT2D eigenvalue weighted by Gasteiger charge is 1.93. The quantitative estimate of drug-likeness (QED) is 0.441. The Morgan fingerprint density at radius 2 is 1.92 bits per heavy atom. The summed E-state index contributed by atoms with van der Waals surface area (Å²) in [5.74, 6) is 0.265. The molecule has 0 radical (unpaired) electrons. The summed E-state index contributed by atoms with van der Waals surface area (Å²) in [5, 5.41) is 2.60. The van der Waals surface area contributed by atoms with Gasteiger partial charge in [-0.2, -0.15) is 0 Å². The van der Waals surface area contributed by atoms with Gasteiger partial charge in [0.05, 0.1) is 0 Å². The number of carbonyl (C=O) groups excluding carboxylic acids is 2. The average molecular weight is 171 g/mol. The highest BCUT2D eigenvalue weighted by molar-refractivity contribution is 5.75. The summed E-state index contributed by atoms with van der Waals surface area (Å²) < 4.78 is 0. The molecule has 1 N–H and O–H groups in total. The third kappa shape index (κ3) is 9.14. The van der Waals surface area contributed by atoms with E-state index in [2.05, 4.69) is 5.32 Å². The highest BCUT2D eigenvalue weighted by atomic mass is 16.1. The predicted molar refractivity (Wildman–Crippen MR) is 47.8 cm³/mol. The predicted octanol–water partition coefficient (Wildman–Crippen LogP) is 1.27. The van der Waals surface area contributed by atoms with Gasteiger partial charge in [0.1, 0.15) is 5.78 Å². The maximum atomic E-state index is 10.5. The van der Waals surface area contributed by atoms with E-state index in [1.54, 1.807) is 6.92 Å². The van der Waals surface area contributed by atoms with Crippen molar-refractivity contribution < 1.29 is 9.59 Å². The first-order valence-electron chi connectivity index (χ1n) is 4.44. The number of rotatable bonds is 8. The monoisotopic (exact) mass is 171 g/mol. The molecule has 0 aliphatic carbocycles. The molecule has 70 valence electrons. The highest BCUT2D eigenvalue weighted by Crippen LogP contribution is 2.02. The number of nitrogens with one attached hydrogen (secondary N) is 1. The van der Waals surface area contributed by atoms with Crippen LogP contribution in [0.3, 0.4) is 0 Å². The van der Waals surface area contributed by atoms with Gasteiger partial charge in [-0.15, -0.1) is 0 Å². The fourth-order valence-electron chi connectivity index (χ4n) is 1.01. The number of hydrogen-bond donors (Lipinski definition) is 1. The molecule has 0 fully saturated rings. The third-order valence-electron chi connectivity index (χ3n) is 1.68. The Bertz CT molecular complexity index is 134. The maximum Gasteiger partial charge on any atom is 0.207 e. The first-order chi connectivity index (χ1) is 5.77. The van der Waals surface area contributed by atoms with Crippen molar-refractivity contribution in [3.05, 3.63) is 0 Å². The Hall–Kier alpha value is -0.860. The van der Waals surface area contributed by atoms with E-state index in [1.165, 1.54) is 0 Å². The van der Waals surface area contributed by atoms with Crippen molar-refractivity contribution in [2.45, 2.75) is 39.0 Å². The van der Waals surface area contributed by atoms with Crippen LogP contribution in [0.5, 0.6) is 0 Å². The Kier molecular flexibility index (Phi) is 7.65. The molecular weight excluding hydrogens is 154 g/mol. The van der Waals surface area contributed by atoms with Gasteiger partial charge in [0.2, 0.25) is 6.41 Å². The lowest BCUT2D eigenvalue weighted by Crippen LogP contribution is -2.11. The van der Waals surface area contributed by atoms with Crippen molar-refractivity contribution in [2.75, 3.05) is 6.54 Å². The summed E-state index contributed by atoms with van der Waals surface area (Å²) in [6, 6.07) is 0. The van der Waals surface area contributed by atoms with Gasteiger partial charge in [0, 0.05) is 13.0 Å². The zero-order valence-corrected chi connectivity index (χ0v) is 7.64. The van der Waals surface area contributed by atoms with Crippen LogP contribution in [-0.4, -0.2) is 18.7 Å². The SMILES string of the molecule is CC(=O)CCCCCCNC=O. The molecule has 3 nitrogen and oxygen atoms in total. The normalized spacial score (nSPS) is 9.42. The van der Waals surface area contributed by atoms with Crippen LogP contribution in [-0.2, 0) is 9.59 Å². The van der Waals surface area contributed by atoms with Gasteiger partial charge >= 0.3 is 0 Å². The lowest BCUT2D eigenvalue weighted by Gasteiger charge is -1.98. The summed E-state index contributed by atoms with van der Waals surface area (Å²) in [6.07, 6.45) is 5.58. The van der Waals surface area contributed by atoms with Gasteiger partial charge in [0.25, 0.3) is 0 Å². The molecule has 0 aromatic carbocycles. The largest absolute Gasteiger partial charge is 0.359 e. The summed E-state index contributed by atoms with van der Waals surface area (Å²) in [5.41, 5.74) is 0. The number of unbranched alkanes of at least 4 members (excludes halogenated alkanes) is 3. The van der Waals surface area contributed by atoms with Crippen molar-refractivity contribution in [3.8, 4) is 0 Å². The fourth-order valence-corrected chi connectivity index (χ4v) is 1.01. The van der Waals surface area contributed by atoms with Crippen LogP contribution in [0, 0.1) is 0 Å². The molecule has 0 saturated carbocycles. The summed E-state index contributed by atoms with van der Waals surface area (Å²) in [4.78, 5) is 20.3. The molecule has 0 bridgehead atoms. The number of Topliss-reactive ketones (excluding diaryl/α,β-unsaturated/α-hetero) is 1. The van der Waals surface area contributed by atoms with Gasteiger partial charge in [0.15, 0.2) is 0 Å². The topological polar surface area (TPSA) is 46.2 Å². The molecule has 0 spiro atoms. The van der Waals surface area contributed by atoms with E-state index < -0.39 is 0 Å². The van der Waals surface area contributed by atoms with Crippen LogP contribution in [0.1, 0.15) is 39.0 Å². The second-order valence-electron chi connectivity index (χ2n) is 2.94. The molecular formula is C9H17NO2. The number of ketones is 1. The van der Waals surface area contributed by atoms with Crippen LogP contribution in [0.15, 0.2) is 0 Å². The molecule has 0 rings (SSSR count). The molecule has 0 aromatic rings. The minimum Gasteiger partial charge on any atom is -0.359 e. The van der Waals surface area contributed by atoms with Gasteiger partial charge in [-0.05, 0) is 19.8 Å². The number of amides is 1. The lowest BCUT2D eigenvalue weighted by molar-refractivity contribution is -0.117. The lowest BCUT2D eigenvalue weighted by atomic mass is 10.1. The van der Waals surface area contributed by atoms with E-state index >= 15 is 0 Å². The second kappa shape index (κ2) is 8.24. The molecule has 3 heteroatoms. The zero-order valence-electron chi connectivity index (χ0n) is 7.64. The van der Waals surface area contributed by atoms with Gasteiger partial charge in [-0.3, -0.25) is 4.79 Å². The fraction of sp³-hybridized carbons (Fsp3) is 0.778. The van der Waals surface area contributed by atoms with Crippen molar-refractivity contribution in [1.82, 2.24) is 5.32 Å². The first kappa shape index (κ1) is 11.1. The molecule has 0 aliphatic rings. The maximum absolute atomic E-state index is 10.5. The third-order valence-corrected chi connectivity index (χ3v) is 1.68. The molecule has 0 aliphatic heterocycles. The Morgan fingerprint density at radius 3 is 2.50 bits per heavy atom. The van der Waals surface area contributed by atoms with Crippen molar-refractivity contribution in [3.63, 3.8) is 0 Å². The minimum absolute atomic E-state index is 0.265. The van der Waals surface area contributed by atoms with E-state index in [1.807, 2.05) is 0 Å². The van der Waals surface area contributed by atoms with E-state index in [4.69, 9.17) is 0 Å². The van der Waals surface area contributed by atoms with Crippen LogP contribution < -0.4 is 5.32 Å². The number of carbonyl (C=O) groups is 2. The molecule has 1 amide bonds. The summed E-state index contributed by atoms with van der Waals surface area (Å²) in [7, 11) is 0. The Labute approximate surface area is 73.5 Å². The Morgan fingerprint density at radius 1 is 1.25 bits per heavy atom. The van der Waals surface area contributed by atoms with E-state index in [-0.39, 0.29) is 5.78 Å². The second-order valence-corrected chi connectivity index (χ2v) is 2.94. The summed E-state index contributed by atoms with van der Waals surface area (Å²) in [6.45, 7) is 2.37. The molecule has 12 heavy (non-hydrogen) atoms. The van der Waals surface area contributed by atoms with Gasteiger partial charge < -0.3 is 10.1 Å². The average Bonchev–Trinajstić information content (AvgIpc) is 2.02. The minimum atomic E-state index is 0.265. The van der Waals surface area contributed by atoms with Crippen LogP contribution in [0.4, 0.5) is 0 Å². The zero-order chi connectivity index (χ0) is 9.23. The van der Waals surface area contributed by atoms with Gasteiger partial charge in [-0.1, -0.05) is 12.8 Å². The Balaban J connectivity index is 2.90.